The van der Waals surface area contributed by atoms with Crippen LogP contribution in [0.25, 0.3) is 0 Å². The van der Waals surface area contributed by atoms with E-state index in [0.717, 1.165) is 17.0 Å². The predicted molar refractivity (Wildman–Crippen MR) is 132 cm³/mol. The number of rotatable bonds is 9. The van der Waals surface area contributed by atoms with Crippen LogP contribution in [0.1, 0.15) is 23.0 Å². The standard InChI is InChI=1S/C25H25Cl2N3O4/c1-25(21-10-5-17(26)14-22(21)27)33-16-20(34-25)15-32-19-8-6-18(7-9-19)28-12-13-30-24(31)23-4-2-3-11-29-23/h2-11,14,20,28H,12-13,15-16H2,1H3,(H,30,31)/t20?,25-/m0/s1. The van der Waals surface area contributed by atoms with Crippen LogP contribution >= 0.6 is 23.2 Å². The lowest BCUT2D eigenvalue weighted by atomic mass is 10.1. The van der Waals surface area contributed by atoms with Gasteiger partial charge in [-0.15, -0.1) is 0 Å². The van der Waals surface area contributed by atoms with E-state index in [4.69, 9.17) is 37.4 Å². The summed E-state index contributed by atoms with van der Waals surface area (Å²) in [7, 11) is 0. The van der Waals surface area contributed by atoms with Crippen molar-refractivity contribution < 1.29 is 19.0 Å². The first-order valence-corrected chi connectivity index (χ1v) is 11.6. The van der Waals surface area contributed by atoms with Gasteiger partial charge in [-0.3, -0.25) is 9.78 Å². The molecule has 0 bridgehead atoms. The Morgan fingerprint density at radius 3 is 2.71 bits per heavy atom. The molecule has 0 saturated carbocycles. The zero-order valence-electron chi connectivity index (χ0n) is 18.6. The summed E-state index contributed by atoms with van der Waals surface area (Å²) < 4.78 is 17.9. The summed E-state index contributed by atoms with van der Waals surface area (Å²) >= 11 is 12.3. The van der Waals surface area contributed by atoms with Gasteiger partial charge in [0.2, 0.25) is 0 Å². The minimum atomic E-state index is -0.949. The Hall–Kier alpha value is -2.84. The van der Waals surface area contributed by atoms with Crippen molar-refractivity contribution in [3.63, 3.8) is 0 Å². The van der Waals surface area contributed by atoms with Gasteiger partial charge in [0.15, 0.2) is 5.79 Å². The van der Waals surface area contributed by atoms with Crippen molar-refractivity contribution in [1.29, 1.82) is 0 Å². The maximum Gasteiger partial charge on any atom is 0.269 e. The third-order valence-electron chi connectivity index (χ3n) is 5.28. The Kier molecular flexibility index (Phi) is 7.90. The fraction of sp³-hybridized carbons (Fsp3) is 0.280. The molecule has 3 aromatic rings. The summed E-state index contributed by atoms with van der Waals surface area (Å²) in [4.78, 5) is 16.0. The number of anilines is 1. The minimum absolute atomic E-state index is 0.196. The van der Waals surface area contributed by atoms with E-state index in [0.29, 0.717) is 42.0 Å². The van der Waals surface area contributed by atoms with Gasteiger partial charge in [0.25, 0.3) is 5.91 Å². The SMILES string of the molecule is C[C@]1(c2ccc(Cl)cc2Cl)OCC(COc2ccc(NCCNC(=O)c3ccccn3)cc2)O1. The first kappa shape index (κ1) is 24.3. The lowest BCUT2D eigenvalue weighted by molar-refractivity contribution is -0.164. The van der Waals surface area contributed by atoms with Crippen molar-refractivity contribution in [2.45, 2.75) is 18.8 Å². The van der Waals surface area contributed by atoms with Crippen LogP contribution in [0.2, 0.25) is 10.0 Å². The second-order valence-corrected chi connectivity index (χ2v) is 8.70. The number of nitrogens with one attached hydrogen (secondary N) is 2. The number of pyridine rings is 1. The smallest absolute Gasteiger partial charge is 0.269 e. The van der Waals surface area contributed by atoms with E-state index in [2.05, 4.69) is 15.6 Å². The number of halogens is 2. The number of hydrogen-bond donors (Lipinski definition) is 2. The third kappa shape index (κ3) is 6.18. The molecular formula is C25H25Cl2N3O4. The van der Waals surface area contributed by atoms with Gasteiger partial charge in [0.1, 0.15) is 24.2 Å². The van der Waals surface area contributed by atoms with E-state index >= 15 is 0 Å². The molecule has 9 heteroatoms. The number of ether oxygens (including phenoxy) is 3. The number of amides is 1. The number of benzene rings is 2. The molecule has 1 amide bonds. The zero-order valence-corrected chi connectivity index (χ0v) is 20.1. The van der Waals surface area contributed by atoms with Crippen LogP contribution < -0.4 is 15.4 Å². The van der Waals surface area contributed by atoms with Crippen molar-refractivity contribution in [2.75, 3.05) is 31.6 Å². The van der Waals surface area contributed by atoms with Crippen molar-refractivity contribution in [3.05, 3.63) is 88.2 Å². The summed E-state index contributed by atoms with van der Waals surface area (Å²) in [5.74, 6) is -0.426. The van der Waals surface area contributed by atoms with Gasteiger partial charge in [0, 0.05) is 35.6 Å². The van der Waals surface area contributed by atoms with Gasteiger partial charge in [-0.1, -0.05) is 35.3 Å². The van der Waals surface area contributed by atoms with Crippen LogP contribution in [-0.2, 0) is 15.3 Å². The summed E-state index contributed by atoms with van der Waals surface area (Å²) in [6.07, 6.45) is 1.36. The average molecular weight is 502 g/mol. The molecule has 7 nitrogen and oxygen atoms in total. The van der Waals surface area contributed by atoms with Gasteiger partial charge in [-0.05, 0) is 55.5 Å². The number of hydrogen-bond acceptors (Lipinski definition) is 6. The minimum Gasteiger partial charge on any atom is -0.491 e. The molecular weight excluding hydrogens is 477 g/mol. The van der Waals surface area contributed by atoms with Gasteiger partial charge in [-0.2, -0.15) is 0 Å². The van der Waals surface area contributed by atoms with E-state index in [1.165, 1.54) is 0 Å². The molecule has 1 fully saturated rings. The van der Waals surface area contributed by atoms with Crippen molar-refractivity contribution in [1.82, 2.24) is 10.3 Å². The van der Waals surface area contributed by atoms with Crippen molar-refractivity contribution in [2.24, 2.45) is 0 Å². The first-order valence-electron chi connectivity index (χ1n) is 10.9. The topological polar surface area (TPSA) is 81.7 Å². The lowest BCUT2D eigenvalue weighted by Gasteiger charge is -2.25. The van der Waals surface area contributed by atoms with E-state index in [-0.39, 0.29) is 12.0 Å². The lowest BCUT2D eigenvalue weighted by Crippen LogP contribution is -2.29. The monoisotopic (exact) mass is 501 g/mol. The molecule has 2 aromatic carbocycles. The molecule has 0 radical (unpaired) electrons. The quantitative estimate of drug-likeness (QED) is 0.406. The molecule has 2 atom stereocenters. The number of nitrogens with zero attached hydrogens (tertiary/aromatic N) is 1. The second kappa shape index (κ2) is 11.1. The second-order valence-electron chi connectivity index (χ2n) is 7.85. The summed E-state index contributed by atoms with van der Waals surface area (Å²) in [6.45, 7) is 3.62. The molecule has 34 heavy (non-hydrogen) atoms. The fourth-order valence-corrected chi connectivity index (χ4v) is 4.13. The molecule has 4 rings (SSSR count). The number of carbonyl (C=O) groups excluding carboxylic acids is 1. The van der Waals surface area contributed by atoms with Crippen LogP contribution in [0.15, 0.2) is 66.9 Å². The summed E-state index contributed by atoms with van der Waals surface area (Å²) in [6, 6.07) is 18.1. The Labute approximate surface area is 208 Å². The maximum absolute atomic E-state index is 12.0. The number of aromatic nitrogens is 1. The molecule has 2 heterocycles. The summed E-state index contributed by atoms with van der Waals surface area (Å²) in [5.41, 5.74) is 2.05. The van der Waals surface area contributed by atoms with E-state index < -0.39 is 5.79 Å². The van der Waals surface area contributed by atoms with Crippen LogP contribution in [0, 0.1) is 0 Å². The summed E-state index contributed by atoms with van der Waals surface area (Å²) in [5, 5.41) is 7.14. The normalized spacial score (nSPS) is 19.6. The van der Waals surface area contributed by atoms with E-state index in [1.807, 2.05) is 37.3 Å². The maximum atomic E-state index is 12.0. The highest BCUT2D eigenvalue weighted by molar-refractivity contribution is 6.35. The van der Waals surface area contributed by atoms with Gasteiger partial charge < -0.3 is 24.8 Å². The third-order valence-corrected chi connectivity index (χ3v) is 5.83. The molecule has 2 N–H and O–H groups in total. The fourth-order valence-electron chi connectivity index (χ4n) is 3.55. The highest BCUT2D eigenvalue weighted by Crippen LogP contribution is 2.38. The highest BCUT2D eigenvalue weighted by atomic mass is 35.5. The average Bonchev–Trinajstić information content (AvgIpc) is 3.23. The Bertz CT molecular complexity index is 1110. The highest BCUT2D eigenvalue weighted by Gasteiger charge is 2.40. The predicted octanol–water partition coefficient (Wildman–Crippen LogP) is 4.90. The van der Waals surface area contributed by atoms with Crippen molar-refractivity contribution >= 4 is 34.8 Å². The molecule has 1 saturated heterocycles. The van der Waals surface area contributed by atoms with Crippen LogP contribution in [0.5, 0.6) is 5.75 Å². The van der Waals surface area contributed by atoms with E-state index in [1.54, 1.807) is 36.5 Å². The molecule has 0 aliphatic carbocycles. The molecule has 178 valence electrons. The van der Waals surface area contributed by atoms with Crippen molar-refractivity contribution in [3.8, 4) is 5.75 Å². The molecule has 1 aliphatic heterocycles. The number of carbonyl (C=O) groups is 1. The Morgan fingerprint density at radius 1 is 1.15 bits per heavy atom. The molecule has 1 aliphatic rings. The van der Waals surface area contributed by atoms with Crippen LogP contribution in [0.3, 0.4) is 0 Å². The molecule has 1 aromatic heterocycles. The van der Waals surface area contributed by atoms with Gasteiger partial charge in [-0.25, -0.2) is 0 Å². The van der Waals surface area contributed by atoms with Gasteiger partial charge in [0.05, 0.1) is 11.6 Å². The Morgan fingerprint density at radius 2 is 1.97 bits per heavy atom. The van der Waals surface area contributed by atoms with Crippen LogP contribution in [-0.4, -0.2) is 43.3 Å². The van der Waals surface area contributed by atoms with Gasteiger partial charge >= 0.3 is 0 Å². The molecule has 1 unspecified atom stereocenters. The zero-order chi connectivity index (χ0) is 24.0. The molecule has 0 spiro atoms. The first-order chi connectivity index (χ1) is 16.4. The van der Waals surface area contributed by atoms with Crippen LogP contribution in [0.4, 0.5) is 5.69 Å². The Balaban J connectivity index is 1.19. The largest absolute Gasteiger partial charge is 0.491 e. The van der Waals surface area contributed by atoms with E-state index in [9.17, 15) is 4.79 Å².